The summed E-state index contributed by atoms with van der Waals surface area (Å²) < 4.78 is 5.19. The summed E-state index contributed by atoms with van der Waals surface area (Å²) in [7, 11) is 1.67. The summed E-state index contributed by atoms with van der Waals surface area (Å²) in [5.74, 6) is 0.860. The van der Waals surface area contributed by atoms with Gasteiger partial charge in [-0.3, -0.25) is 4.90 Å². The van der Waals surface area contributed by atoms with Crippen LogP contribution in [-0.2, 0) is 0 Å². The number of aliphatic hydroxyl groups is 1. The fourth-order valence-electron chi connectivity index (χ4n) is 3.21. The molecule has 6 nitrogen and oxygen atoms in total. The number of hydrogen-bond donors (Lipinski definition) is 2. The van der Waals surface area contributed by atoms with E-state index in [1.807, 2.05) is 42.6 Å². The highest BCUT2D eigenvalue weighted by Crippen LogP contribution is 2.42. The summed E-state index contributed by atoms with van der Waals surface area (Å²) in [5.41, 5.74) is 8.88. The number of nitrogens with two attached hydrogens (primary N) is 1. The van der Waals surface area contributed by atoms with Crippen molar-refractivity contribution in [1.29, 1.82) is 0 Å². The molecule has 1 atom stereocenters. The quantitative estimate of drug-likeness (QED) is 0.677. The number of aromatic nitrogens is 2. The van der Waals surface area contributed by atoms with Gasteiger partial charge in [0.05, 0.1) is 23.4 Å². The van der Waals surface area contributed by atoms with Crippen molar-refractivity contribution in [3.63, 3.8) is 0 Å². The second-order valence-corrected chi connectivity index (χ2v) is 9.12. The number of thiophene rings is 1. The molecule has 4 rings (SSSR count). The Kier molecular flexibility index (Phi) is 4.98. The molecule has 1 saturated heterocycles. The number of nitrogen functional groups attached to an aromatic ring is 1. The predicted molar refractivity (Wildman–Crippen MR) is 110 cm³/mol. The van der Waals surface area contributed by atoms with Crippen LogP contribution in [0.1, 0.15) is 22.4 Å². The normalized spacial score (nSPS) is 16.4. The molecule has 3 heterocycles. The van der Waals surface area contributed by atoms with Gasteiger partial charge in [0.1, 0.15) is 16.8 Å². The fraction of sp³-hybridized carbons (Fsp3) is 0.368. The number of anilines is 1. The lowest BCUT2D eigenvalue weighted by Gasteiger charge is -2.41. The molecule has 27 heavy (non-hydrogen) atoms. The summed E-state index contributed by atoms with van der Waals surface area (Å²) in [6, 6.07) is 8.07. The average Bonchev–Trinajstić information content (AvgIpc) is 2.98. The van der Waals surface area contributed by atoms with Gasteiger partial charge >= 0.3 is 0 Å². The number of benzene rings is 1. The smallest absolute Gasteiger partial charge is 0.148 e. The van der Waals surface area contributed by atoms with Crippen LogP contribution in [0, 0.1) is 13.8 Å². The Balaban J connectivity index is 1.44. The molecular formula is C19H22N4O2S2. The number of ether oxygens (including phenoxy) is 1. The van der Waals surface area contributed by atoms with Crippen molar-refractivity contribution >= 4 is 39.0 Å². The van der Waals surface area contributed by atoms with Gasteiger partial charge in [-0.05, 0) is 43.7 Å². The van der Waals surface area contributed by atoms with Crippen molar-refractivity contribution in [2.45, 2.75) is 30.2 Å². The van der Waals surface area contributed by atoms with E-state index >= 15 is 0 Å². The Morgan fingerprint density at radius 2 is 1.96 bits per heavy atom. The van der Waals surface area contributed by atoms with Gasteiger partial charge in [-0.15, -0.1) is 28.2 Å². The van der Waals surface area contributed by atoms with E-state index in [1.165, 1.54) is 16.2 Å². The molecule has 1 aromatic carbocycles. The van der Waals surface area contributed by atoms with Crippen molar-refractivity contribution in [2.75, 3.05) is 25.9 Å². The Labute approximate surface area is 166 Å². The summed E-state index contributed by atoms with van der Waals surface area (Å²) >= 11 is 3.25. The van der Waals surface area contributed by atoms with Gasteiger partial charge in [-0.25, -0.2) is 0 Å². The molecule has 0 spiro atoms. The first-order chi connectivity index (χ1) is 13.0. The van der Waals surface area contributed by atoms with Crippen LogP contribution in [-0.4, -0.2) is 45.7 Å². The van der Waals surface area contributed by atoms with Crippen LogP contribution < -0.4 is 10.5 Å². The molecule has 0 aliphatic carbocycles. The third-order valence-corrected chi connectivity index (χ3v) is 7.29. The van der Waals surface area contributed by atoms with E-state index in [0.717, 1.165) is 45.2 Å². The number of fused-ring (bicyclic) bond motifs is 1. The van der Waals surface area contributed by atoms with Gasteiger partial charge in [0, 0.05) is 28.6 Å². The van der Waals surface area contributed by atoms with Crippen LogP contribution >= 0.6 is 23.1 Å². The molecule has 3 N–H and O–H groups in total. The zero-order chi connectivity index (χ0) is 19.1. The number of thioether (sulfide) groups is 1. The molecule has 1 aliphatic rings. The number of aliphatic hydroxyl groups excluding tert-OH is 1. The van der Waals surface area contributed by atoms with Crippen LogP contribution in [0.5, 0.6) is 5.75 Å². The standard InChI is InChI=1S/C19H22N4O2S2/c1-10-11(2)21-22-18-15(10)16(20)17(27-18)19(24)23-8-14(9-23)26-13-6-4-12(25-3)5-7-13/h4-7,14,19,24H,8-9,20H2,1-3H3. The first-order valence-corrected chi connectivity index (χ1v) is 10.4. The second kappa shape index (κ2) is 7.27. The van der Waals surface area contributed by atoms with Crippen LogP contribution in [0.4, 0.5) is 5.69 Å². The molecular weight excluding hydrogens is 380 g/mol. The number of methoxy groups -OCH3 is 1. The molecule has 0 saturated carbocycles. The Hall–Kier alpha value is -1.87. The summed E-state index contributed by atoms with van der Waals surface area (Å²) in [5, 5.41) is 20.6. The average molecular weight is 403 g/mol. The third kappa shape index (κ3) is 3.38. The van der Waals surface area contributed by atoms with Gasteiger partial charge in [0.25, 0.3) is 0 Å². The number of nitrogens with zero attached hydrogens (tertiary/aromatic N) is 3. The van der Waals surface area contributed by atoms with E-state index in [4.69, 9.17) is 10.5 Å². The van der Waals surface area contributed by atoms with Crippen LogP contribution in [0.2, 0.25) is 0 Å². The minimum absolute atomic E-state index is 0.451. The zero-order valence-corrected chi connectivity index (χ0v) is 17.1. The van der Waals surface area contributed by atoms with Crippen molar-refractivity contribution < 1.29 is 9.84 Å². The van der Waals surface area contributed by atoms with Gasteiger partial charge in [-0.2, -0.15) is 5.10 Å². The second-order valence-electron chi connectivity index (χ2n) is 6.71. The van der Waals surface area contributed by atoms with E-state index in [9.17, 15) is 5.11 Å². The maximum Gasteiger partial charge on any atom is 0.148 e. The first-order valence-electron chi connectivity index (χ1n) is 8.72. The Bertz CT molecular complexity index is 968. The molecule has 0 bridgehead atoms. The number of aryl methyl sites for hydroxylation is 2. The Morgan fingerprint density at radius 3 is 2.63 bits per heavy atom. The fourth-order valence-corrected chi connectivity index (χ4v) is 5.54. The highest BCUT2D eigenvalue weighted by atomic mass is 32.2. The number of likely N-dealkylation sites (tertiary alicyclic amines) is 1. The summed E-state index contributed by atoms with van der Waals surface area (Å²) in [6.45, 7) is 5.55. The third-order valence-electron chi connectivity index (χ3n) is 4.98. The van der Waals surface area contributed by atoms with E-state index in [-0.39, 0.29) is 0 Å². The van der Waals surface area contributed by atoms with Crippen molar-refractivity contribution in [3.05, 3.63) is 40.4 Å². The molecule has 142 valence electrons. The lowest BCUT2D eigenvalue weighted by atomic mass is 10.1. The van der Waals surface area contributed by atoms with Crippen LogP contribution in [0.3, 0.4) is 0 Å². The van der Waals surface area contributed by atoms with Crippen molar-refractivity contribution in [2.24, 2.45) is 0 Å². The van der Waals surface area contributed by atoms with E-state index in [1.54, 1.807) is 7.11 Å². The van der Waals surface area contributed by atoms with Gasteiger partial charge in [0.15, 0.2) is 0 Å². The first kappa shape index (κ1) is 18.5. The van der Waals surface area contributed by atoms with Gasteiger partial charge in [0.2, 0.25) is 0 Å². The van der Waals surface area contributed by atoms with E-state index in [0.29, 0.717) is 10.9 Å². The van der Waals surface area contributed by atoms with Gasteiger partial charge < -0.3 is 15.6 Å². The lowest BCUT2D eigenvalue weighted by Crippen LogP contribution is -2.50. The largest absolute Gasteiger partial charge is 0.497 e. The number of rotatable bonds is 5. The highest BCUT2D eigenvalue weighted by Gasteiger charge is 2.35. The van der Waals surface area contributed by atoms with E-state index in [2.05, 4.69) is 22.3 Å². The number of hydrogen-bond acceptors (Lipinski definition) is 8. The molecule has 0 amide bonds. The van der Waals surface area contributed by atoms with Crippen molar-refractivity contribution in [1.82, 2.24) is 15.1 Å². The lowest BCUT2D eigenvalue weighted by molar-refractivity contribution is -0.0299. The molecule has 2 aromatic heterocycles. The molecule has 1 unspecified atom stereocenters. The minimum Gasteiger partial charge on any atom is -0.497 e. The van der Waals surface area contributed by atoms with Crippen molar-refractivity contribution in [3.8, 4) is 5.75 Å². The SMILES string of the molecule is COc1ccc(SC2CN(C(O)c3sc4nnc(C)c(C)c4c3N)C2)cc1. The predicted octanol–water partition coefficient (Wildman–Crippen LogP) is 3.37. The minimum atomic E-state index is -0.698. The topological polar surface area (TPSA) is 84.5 Å². The monoisotopic (exact) mass is 402 g/mol. The molecule has 1 fully saturated rings. The van der Waals surface area contributed by atoms with Gasteiger partial charge in [-0.1, -0.05) is 0 Å². The molecule has 3 aromatic rings. The molecule has 8 heteroatoms. The van der Waals surface area contributed by atoms with Crippen LogP contribution in [0.15, 0.2) is 29.2 Å². The Morgan fingerprint density at radius 1 is 1.26 bits per heavy atom. The molecule has 1 aliphatic heterocycles. The zero-order valence-electron chi connectivity index (χ0n) is 15.5. The summed E-state index contributed by atoms with van der Waals surface area (Å²) in [6.07, 6.45) is -0.698. The van der Waals surface area contributed by atoms with E-state index < -0.39 is 6.23 Å². The maximum atomic E-state index is 10.8. The highest BCUT2D eigenvalue weighted by molar-refractivity contribution is 8.00. The molecule has 0 radical (unpaired) electrons. The van der Waals surface area contributed by atoms with Crippen LogP contribution in [0.25, 0.3) is 10.2 Å². The summed E-state index contributed by atoms with van der Waals surface area (Å²) in [4.78, 5) is 4.80. The maximum absolute atomic E-state index is 10.8.